The Hall–Kier alpha value is -0.620. The van der Waals surface area contributed by atoms with E-state index in [4.69, 9.17) is 5.73 Å². The minimum absolute atomic E-state index is 0. The van der Waals surface area contributed by atoms with E-state index in [-0.39, 0.29) is 18.4 Å². The monoisotopic (exact) mass is 318 g/mol. The minimum Gasteiger partial charge on any atom is -0.327 e. The van der Waals surface area contributed by atoms with E-state index in [1.54, 1.807) is 12.1 Å². The second-order valence-corrected chi connectivity index (χ2v) is 7.43. The molecule has 20 heavy (non-hydrogen) atoms. The highest BCUT2D eigenvalue weighted by Gasteiger charge is 2.28. The van der Waals surface area contributed by atoms with Crippen molar-refractivity contribution in [2.75, 3.05) is 13.1 Å². The molecule has 6 heteroatoms. The number of piperidine rings is 1. The first-order valence-electron chi connectivity index (χ1n) is 6.77. The van der Waals surface area contributed by atoms with E-state index in [9.17, 15) is 8.42 Å². The number of halogens is 1. The fourth-order valence-electron chi connectivity index (χ4n) is 2.38. The van der Waals surface area contributed by atoms with E-state index < -0.39 is 10.0 Å². The zero-order chi connectivity index (χ0) is 14.0. The molecule has 2 rings (SSSR count). The number of nitrogens with two attached hydrogens (primary N) is 1. The lowest BCUT2D eigenvalue weighted by molar-refractivity contribution is 0.316. The van der Waals surface area contributed by atoms with Crippen LogP contribution in [0.1, 0.15) is 38.2 Å². The second kappa shape index (κ2) is 6.89. The third-order valence-corrected chi connectivity index (χ3v) is 5.44. The van der Waals surface area contributed by atoms with Gasteiger partial charge in [-0.1, -0.05) is 26.0 Å². The van der Waals surface area contributed by atoms with Crippen LogP contribution in [0.25, 0.3) is 0 Å². The van der Waals surface area contributed by atoms with E-state index in [0.29, 0.717) is 23.9 Å². The average molecular weight is 319 g/mol. The summed E-state index contributed by atoms with van der Waals surface area (Å²) in [5.74, 6) is 0.318. The normalized spacial score (nSPS) is 20.7. The van der Waals surface area contributed by atoms with Crippen LogP contribution in [0.3, 0.4) is 0 Å². The molecule has 0 bridgehead atoms. The number of nitrogens with zero attached hydrogens (tertiary/aromatic N) is 1. The summed E-state index contributed by atoms with van der Waals surface area (Å²) in [6.45, 7) is 5.11. The molecular weight excluding hydrogens is 296 g/mol. The predicted octanol–water partition coefficient (Wildman–Crippen LogP) is 2.34. The van der Waals surface area contributed by atoms with Gasteiger partial charge in [-0.3, -0.25) is 0 Å². The lowest BCUT2D eigenvalue weighted by atomic mass is 10.0. The topological polar surface area (TPSA) is 63.4 Å². The summed E-state index contributed by atoms with van der Waals surface area (Å²) in [4.78, 5) is 0.382. The van der Waals surface area contributed by atoms with Crippen LogP contribution in [-0.4, -0.2) is 31.9 Å². The maximum atomic E-state index is 12.6. The van der Waals surface area contributed by atoms with Crippen molar-refractivity contribution in [1.82, 2.24) is 4.31 Å². The van der Waals surface area contributed by atoms with Crippen molar-refractivity contribution in [3.8, 4) is 0 Å². The highest BCUT2D eigenvalue weighted by molar-refractivity contribution is 7.89. The summed E-state index contributed by atoms with van der Waals surface area (Å²) in [5, 5.41) is 0. The van der Waals surface area contributed by atoms with Crippen LogP contribution in [0.4, 0.5) is 0 Å². The third kappa shape index (κ3) is 3.73. The molecule has 1 saturated heterocycles. The SMILES string of the molecule is CC(C)c1cccc(S(=O)(=O)N2CCCC(N)C2)c1.Cl. The number of hydrogen-bond donors (Lipinski definition) is 1. The van der Waals surface area contributed by atoms with Gasteiger partial charge in [0, 0.05) is 19.1 Å². The molecule has 1 aliphatic heterocycles. The Labute approximate surface area is 127 Å². The second-order valence-electron chi connectivity index (χ2n) is 5.49. The first kappa shape index (κ1) is 17.4. The average Bonchev–Trinajstić information content (AvgIpc) is 2.39. The van der Waals surface area contributed by atoms with E-state index in [1.165, 1.54) is 4.31 Å². The molecule has 0 spiro atoms. The van der Waals surface area contributed by atoms with E-state index in [2.05, 4.69) is 13.8 Å². The van der Waals surface area contributed by atoms with Gasteiger partial charge in [0.15, 0.2) is 0 Å². The molecule has 0 aromatic heterocycles. The van der Waals surface area contributed by atoms with Crippen molar-refractivity contribution >= 4 is 22.4 Å². The van der Waals surface area contributed by atoms with Gasteiger partial charge < -0.3 is 5.73 Å². The highest BCUT2D eigenvalue weighted by Crippen LogP contribution is 2.23. The summed E-state index contributed by atoms with van der Waals surface area (Å²) >= 11 is 0. The molecule has 0 aliphatic carbocycles. The standard InChI is InChI=1S/C14H22N2O2S.ClH/c1-11(2)12-5-3-7-14(9-12)19(17,18)16-8-4-6-13(15)10-16;/h3,5,7,9,11,13H,4,6,8,10,15H2,1-2H3;1H. The summed E-state index contributed by atoms with van der Waals surface area (Å²) in [6, 6.07) is 7.18. The quantitative estimate of drug-likeness (QED) is 0.930. The van der Waals surface area contributed by atoms with E-state index in [0.717, 1.165) is 18.4 Å². The fraction of sp³-hybridized carbons (Fsp3) is 0.571. The van der Waals surface area contributed by atoms with Crippen molar-refractivity contribution in [2.24, 2.45) is 5.73 Å². The molecule has 2 N–H and O–H groups in total. The van der Waals surface area contributed by atoms with E-state index in [1.807, 2.05) is 12.1 Å². The fourth-order valence-corrected chi connectivity index (χ4v) is 3.97. The molecule has 114 valence electrons. The van der Waals surface area contributed by atoms with Gasteiger partial charge >= 0.3 is 0 Å². The molecule has 0 saturated carbocycles. The molecule has 0 amide bonds. The van der Waals surface area contributed by atoms with Crippen molar-refractivity contribution in [3.05, 3.63) is 29.8 Å². The van der Waals surface area contributed by atoms with Crippen molar-refractivity contribution < 1.29 is 8.42 Å². The Morgan fingerprint density at radius 1 is 1.35 bits per heavy atom. The number of sulfonamides is 1. The smallest absolute Gasteiger partial charge is 0.243 e. The minimum atomic E-state index is -3.40. The molecule has 1 fully saturated rings. The van der Waals surface area contributed by atoms with Crippen LogP contribution >= 0.6 is 12.4 Å². The van der Waals surface area contributed by atoms with Gasteiger partial charge in [-0.25, -0.2) is 8.42 Å². The Bertz CT molecular complexity index is 546. The number of benzene rings is 1. The van der Waals surface area contributed by atoms with Gasteiger partial charge in [0.25, 0.3) is 0 Å². The van der Waals surface area contributed by atoms with Gasteiger partial charge in [0.05, 0.1) is 4.90 Å². The van der Waals surface area contributed by atoms with Crippen LogP contribution in [0.5, 0.6) is 0 Å². The molecule has 1 unspecified atom stereocenters. The lowest BCUT2D eigenvalue weighted by Crippen LogP contribution is -2.45. The molecule has 1 aliphatic rings. The molecule has 1 atom stereocenters. The predicted molar refractivity (Wildman–Crippen MR) is 83.7 cm³/mol. The van der Waals surface area contributed by atoms with Gasteiger partial charge in [-0.15, -0.1) is 12.4 Å². The molecular formula is C14H23ClN2O2S. The molecule has 1 aromatic rings. The van der Waals surface area contributed by atoms with Crippen LogP contribution in [0.2, 0.25) is 0 Å². The summed E-state index contributed by atoms with van der Waals surface area (Å²) in [7, 11) is -3.40. The van der Waals surface area contributed by atoms with Crippen LogP contribution in [-0.2, 0) is 10.0 Å². The zero-order valence-corrected chi connectivity index (χ0v) is 13.6. The molecule has 4 nitrogen and oxygen atoms in total. The van der Waals surface area contributed by atoms with Gasteiger partial charge in [-0.05, 0) is 36.5 Å². The van der Waals surface area contributed by atoms with Crippen molar-refractivity contribution in [2.45, 2.75) is 43.5 Å². The maximum Gasteiger partial charge on any atom is 0.243 e. The van der Waals surface area contributed by atoms with Gasteiger partial charge in [0.2, 0.25) is 10.0 Å². The Balaban J connectivity index is 0.00000200. The van der Waals surface area contributed by atoms with E-state index >= 15 is 0 Å². The van der Waals surface area contributed by atoms with Crippen LogP contribution in [0, 0.1) is 0 Å². The van der Waals surface area contributed by atoms with Gasteiger partial charge in [0.1, 0.15) is 0 Å². The number of rotatable bonds is 3. The first-order chi connectivity index (χ1) is 8.91. The van der Waals surface area contributed by atoms with Crippen molar-refractivity contribution in [3.63, 3.8) is 0 Å². The van der Waals surface area contributed by atoms with Crippen LogP contribution < -0.4 is 5.73 Å². The van der Waals surface area contributed by atoms with Crippen molar-refractivity contribution in [1.29, 1.82) is 0 Å². The molecule has 1 aromatic carbocycles. The summed E-state index contributed by atoms with van der Waals surface area (Å²) in [6.07, 6.45) is 1.74. The Morgan fingerprint density at radius 3 is 2.65 bits per heavy atom. The number of hydrogen-bond acceptors (Lipinski definition) is 3. The maximum absolute atomic E-state index is 12.6. The Morgan fingerprint density at radius 2 is 2.05 bits per heavy atom. The third-order valence-electron chi connectivity index (χ3n) is 3.58. The largest absolute Gasteiger partial charge is 0.327 e. The molecule has 1 heterocycles. The highest BCUT2D eigenvalue weighted by atomic mass is 35.5. The zero-order valence-electron chi connectivity index (χ0n) is 12.0. The van der Waals surface area contributed by atoms with Crippen LogP contribution in [0.15, 0.2) is 29.2 Å². The van der Waals surface area contributed by atoms with Gasteiger partial charge in [-0.2, -0.15) is 4.31 Å². The lowest BCUT2D eigenvalue weighted by Gasteiger charge is -2.30. The summed E-state index contributed by atoms with van der Waals surface area (Å²) in [5.41, 5.74) is 6.92. The molecule has 0 radical (unpaired) electrons. The Kier molecular flexibility index (Phi) is 6.01. The summed E-state index contributed by atoms with van der Waals surface area (Å²) < 4.78 is 26.7. The first-order valence-corrected chi connectivity index (χ1v) is 8.21.